The van der Waals surface area contributed by atoms with Crippen LogP contribution in [0.5, 0.6) is 5.75 Å². The van der Waals surface area contributed by atoms with Crippen molar-refractivity contribution in [1.82, 2.24) is 10.2 Å². The van der Waals surface area contributed by atoms with E-state index in [0.717, 1.165) is 19.6 Å². The molecule has 1 aliphatic rings. The van der Waals surface area contributed by atoms with Crippen molar-refractivity contribution in [3.8, 4) is 5.75 Å². The highest BCUT2D eigenvalue weighted by atomic mass is 19.1. The van der Waals surface area contributed by atoms with E-state index in [-0.39, 0.29) is 11.6 Å². The maximum atomic E-state index is 13.0. The molecular formula is C14H21FN2O. The Hall–Kier alpha value is -1.13. The van der Waals surface area contributed by atoms with Gasteiger partial charge in [0.05, 0.1) is 0 Å². The molecule has 1 saturated heterocycles. The van der Waals surface area contributed by atoms with E-state index in [1.807, 2.05) is 0 Å². The van der Waals surface area contributed by atoms with E-state index < -0.39 is 0 Å². The third kappa shape index (κ3) is 3.43. The second-order valence-electron chi connectivity index (χ2n) is 4.95. The van der Waals surface area contributed by atoms with E-state index >= 15 is 0 Å². The van der Waals surface area contributed by atoms with Crippen molar-refractivity contribution in [2.45, 2.75) is 19.9 Å². The number of phenols is 1. The van der Waals surface area contributed by atoms with Gasteiger partial charge >= 0.3 is 0 Å². The van der Waals surface area contributed by atoms with Crippen molar-refractivity contribution in [2.75, 3.05) is 26.2 Å². The minimum atomic E-state index is -0.303. The van der Waals surface area contributed by atoms with Crippen LogP contribution in [0.15, 0.2) is 18.2 Å². The Balaban J connectivity index is 1.77. The Kier molecular flexibility index (Phi) is 4.55. The largest absolute Gasteiger partial charge is 0.508 e. The number of rotatable bonds is 5. The lowest BCUT2D eigenvalue weighted by Gasteiger charge is -2.14. The van der Waals surface area contributed by atoms with Gasteiger partial charge in [-0.2, -0.15) is 0 Å². The summed E-state index contributed by atoms with van der Waals surface area (Å²) in [5.74, 6) is 0.522. The lowest BCUT2D eigenvalue weighted by atomic mass is 10.1. The van der Waals surface area contributed by atoms with Gasteiger partial charge in [0.25, 0.3) is 0 Å². The monoisotopic (exact) mass is 252 g/mol. The molecule has 0 saturated carbocycles. The van der Waals surface area contributed by atoms with Crippen molar-refractivity contribution in [2.24, 2.45) is 5.92 Å². The molecule has 100 valence electrons. The van der Waals surface area contributed by atoms with Crippen molar-refractivity contribution >= 4 is 0 Å². The average molecular weight is 252 g/mol. The molecule has 1 atom stereocenters. The maximum Gasteiger partial charge on any atom is 0.123 e. The average Bonchev–Trinajstić information content (AvgIpc) is 2.81. The zero-order valence-corrected chi connectivity index (χ0v) is 10.8. The van der Waals surface area contributed by atoms with Gasteiger partial charge in [-0.05, 0) is 50.2 Å². The minimum absolute atomic E-state index is 0.158. The molecule has 1 aliphatic heterocycles. The second kappa shape index (κ2) is 6.16. The molecule has 2 rings (SSSR count). The van der Waals surface area contributed by atoms with E-state index in [1.165, 1.54) is 31.2 Å². The Bertz CT molecular complexity index is 397. The first kappa shape index (κ1) is 13.3. The maximum absolute atomic E-state index is 13.0. The molecule has 1 aromatic rings. The first-order valence-electron chi connectivity index (χ1n) is 6.59. The summed E-state index contributed by atoms with van der Waals surface area (Å²) < 4.78 is 13.0. The van der Waals surface area contributed by atoms with Crippen molar-refractivity contribution < 1.29 is 9.50 Å². The van der Waals surface area contributed by atoms with Crippen molar-refractivity contribution in [3.63, 3.8) is 0 Å². The number of likely N-dealkylation sites (tertiary alicyclic amines) is 1. The molecule has 0 aromatic heterocycles. The van der Waals surface area contributed by atoms with Crippen LogP contribution in [-0.4, -0.2) is 36.2 Å². The SMILES string of the molecule is CCN1CCC(CNCc2cc(F)ccc2O)C1. The Labute approximate surface area is 108 Å². The molecule has 3 nitrogen and oxygen atoms in total. The number of benzene rings is 1. The van der Waals surface area contributed by atoms with Crippen LogP contribution in [0.2, 0.25) is 0 Å². The smallest absolute Gasteiger partial charge is 0.123 e. The van der Waals surface area contributed by atoms with Gasteiger partial charge in [-0.3, -0.25) is 0 Å². The zero-order valence-electron chi connectivity index (χ0n) is 10.8. The fraction of sp³-hybridized carbons (Fsp3) is 0.571. The summed E-state index contributed by atoms with van der Waals surface area (Å²) in [4.78, 5) is 2.44. The molecule has 1 aromatic carbocycles. The molecule has 0 bridgehead atoms. The minimum Gasteiger partial charge on any atom is -0.508 e. The molecule has 0 radical (unpaired) electrons. The number of hydrogen-bond acceptors (Lipinski definition) is 3. The summed E-state index contributed by atoms with van der Waals surface area (Å²) in [6, 6.07) is 4.06. The molecular weight excluding hydrogens is 231 g/mol. The van der Waals surface area contributed by atoms with Crippen LogP contribution in [0.1, 0.15) is 18.9 Å². The third-order valence-electron chi connectivity index (χ3n) is 3.61. The zero-order chi connectivity index (χ0) is 13.0. The van der Waals surface area contributed by atoms with Gasteiger partial charge in [-0.1, -0.05) is 6.92 Å². The molecule has 1 unspecified atom stereocenters. The van der Waals surface area contributed by atoms with Gasteiger partial charge in [0.15, 0.2) is 0 Å². The number of aromatic hydroxyl groups is 1. The molecule has 0 spiro atoms. The van der Waals surface area contributed by atoms with E-state index in [0.29, 0.717) is 18.0 Å². The summed E-state index contributed by atoms with van der Waals surface area (Å²) in [5, 5.41) is 12.9. The number of nitrogens with zero attached hydrogens (tertiary/aromatic N) is 1. The van der Waals surface area contributed by atoms with Gasteiger partial charge in [0.1, 0.15) is 11.6 Å². The molecule has 0 aliphatic carbocycles. The number of hydrogen-bond donors (Lipinski definition) is 2. The number of halogens is 1. The normalized spacial score (nSPS) is 20.4. The summed E-state index contributed by atoms with van der Waals surface area (Å²) in [7, 11) is 0. The summed E-state index contributed by atoms with van der Waals surface area (Å²) >= 11 is 0. The molecule has 0 amide bonds. The summed E-state index contributed by atoms with van der Waals surface area (Å²) in [6.07, 6.45) is 1.22. The van der Waals surface area contributed by atoms with Gasteiger partial charge in [0, 0.05) is 18.7 Å². The fourth-order valence-corrected chi connectivity index (χ4v) is 2.47. The van der Waals surface area contributed by atoms with E-state index in [2.05, 4.69) is 17.1 Å². The van der Waals surface area contributed by atoms with Gasteiger partial charge in [-0.25, -0.2) is 4.39 Å². The van der Waals surface area contributed by atoms with Crippen LogP contribution in [-0.2, 0) is 6.54 Å². The first-order valence-corrected chi connectivity index (χ1v) is 6.59. The fourth-order valence-electron chi connectivity index (χ4n) is 2.47. The quantitative estimate of drug-likeness (QED) is 0.841. The van der Waals surface area contributed by atoms with Crippen LogP contribution in [0, 0.1) is 11.7 Å². The molecule has 4 heteroatoms. The number of phenolic OH excluding ortho intramolecular Hbond substituents is 1. The van der Waals surface area contributed by atoms with Crippen molar-refractivity contribution in [3.05, 3.63) is 29.6 Å². The van der Waals surface area contributed by atoms with Crippen LogP contribution >= 0.6 is 0 Å². The predicted molar refractivity (Wildman–Crippen MR) is 70.0 cm³/mol. The Morgan fingerprint density at radius 3 is 3.06 bits per heavy atom. The summed E-state index contributed by atoms with van der Waals surface area (Å²) in [6.45, 7) is 7.05. The van der Waals surface area contributed by atoms with Crippen LogP contribution in [0.3, 0.4) is 0 Å². The van der Waals surface area contributed by atoms with E-state index in [1.54, 1.807) is 0 Å². The first-order chi connectivity index (χ1) is 8.69. The highest BCUT2D eigenvalue weighted by molar-refractivity contribution is 5.32. The Morgan fingerprint density at radius 2 is 2.33 bits per heavy atom. The Morgan fingerprint density at radius 1 is 1.50 bits per heavy atom. The highest BCUT2D eigenvalue weighted by Crippen LogP contribution is 2.18. The van der Waals surface area contributed by atoms with Crippen LogP contribution in [0.4, 0.5) is 4.39 Å². The standard InChI is InChI=1S/C14H21FN2O/c1-2-17-6-5-11(10-17)8-16-9-12-7-13(15)3-4-14(12)18/h3-4,7,11,16,18H,2,5-6,8-10H2,1H3. The molecule has 18 heavy (non-hydrogen) atoms. The molecule has 2 N–H and O–H groups in total. The van der Waals surface area contributed by atoms with E-state index in [9.17, 15) is 9.50 Å². The lowest BCUT2D eigenvalue weighted by molar-refractivity contribution is 0.338. The lowest BCUT2D eigenvalue weighted by Crippen LogP contribution is -2.26. The molecule has 1 fully saturated rings. The predicted octanol–water partition coefficient (Wildman–Crippen LogP) is 1.96. The van der Waals surface area contributed by atoms with E-state index in [4.69, 9.17) is 0 Å². The highest BCUT2D eigenvalue weighted by Gasteiger charge is 2.20. The van der Waals surface area contributed by atoms with Crippen LogP contribution < -0.4 is 5.32 Å². The van der Waals surface area contributed by atoms with Crippen molar-refractivity contribution in [1.29, 1.82) is 0 Å². The topological polar surface area (TPSA) is 35.5 Å². The molecule has 1 heterocycles. The number of nitrogens with one attached hydrogen (secondary N) is 1. The third-order valence-corrected chi connectivity index (χ3v) is 3.61. The van der Waals surface area contributed by atoms with Gasteiger partial charge in [-0.15, -0.1) is 0 Å². The van der Waals surface area contributed by atoms with Gasteiger partial charge in [0.2, 0.25) is 0 Å². The van der Waals surface area contributed by atoms with Crippen LogP contribution in [0.25, 0.3) is 0 Å². The van der Waals surface area contributed by atoms with Gasteiger partial charge < -0.3 is 15.3 Å². The summed E-state index contributed by atoms with van der Waals surface area (Å²) in [5.41, 5.74) is 0.625. The second-order valence-corrected chi connectivity index (χ2v) is 4.95.